The van der Waals surface area contributed by atoms with E-state index < -0.39 is 0 Å². The Hall–Kier alpha value is -0.470. The zero-order valence-corrected chi connectivity index (χ0v) is 7.38. The molecule has 0 aromatic carbocycles. The summed E-state index contributed by atoms with van der Waals surface area (Å²) in [6.45, 7) is 1.37. The molecule has 2 nitrogen and oxygen atoms in total. The Morgan fingerprint density at radius 1 is 1.50 bits per heavy atom. The molecule has 0 N–H and O–H groups in total. The second kappa shape index (κ2) is 3.50. The lowest BCUT2D eigenvalue weighted by atomic mass is 10.2. The lowest BCUT2D eigenvalue weighted by Gasteiger charge is -2.28. The molecule has 3 heteroatoms. The van der Waals surface area contributed by atoms with Gasteiger partial charge in [0.2, 0.25) is 0 Å². The number of ether oxygens (including phenoxy) is 2. The Kier molecular flexibility index (Phi) is 2.38. The summed E-state index contributed by atoms with van der Waals surface area (Å²) in [6.07, 6.45) is 6.97. The minimum atomic E-state index is 0.205. The smallest absolute Gasteiger partial charge is 0.145 e. The van der Waals surface area contributed by atoms with Crippen LogP contribution in [0.4, 0.5) is 0 Å². The molecule has 0 atom stereocenters. The van der Waals surface area contributed by atoms with Gasteiger partial charge in [0.05, 0.1) is 18.2 Å². The van der Waals surface area contributed by atoms with Crippen LogP contribution in [0.2, 0.25) is 0 Å². The summed E-state index contributed by atoms with van der Waals surface area (Å²) in [5, 5.41) is 0.688. The molecule has 1 aliphatic carbocycles. The van der Waals surface area contributed by atoms with Gasteiger partial charge in [-0.25, -0.2) is 0 Å². The van der Waals surface area contributed by atoms with Gasteiger partial charge in [-0.1, -0.05) is 17.7 Å². The van der Waals surface area contributed by atoms with Crippen molar-refractivity contribution in [3.8, 4) is 0 Å². The molecule has 65 valence electrons. The molecule has 0 aromatic heterocycles. The molecule has 2 rings (SSSR count). The van der Waals surface area contributed by atoms with Gasteiger partial charge in [0, 0.05) is 0 Å². The van der Waals surface area contributed by atoms with Crippen LogP contribution >= 0.6 is 11.6 Å². The predicted octanol–water partition coefficient (Wildman–Crippen LogP) is 2.02. The van der Waals surface area contributed by atoms with Crippen LogP contribution in [0.15, 0.2) is 22.9 Å². The highest BCUT2D eigenvalue weighted by molar-refractivity contribution is 6.31. The van der Waals surface area contributed by atoms with Gasteiger partial charge in [0.25, 0.3) is 0 Å². The minimum Gasteiger partial charge on any atom is -0.484 e. The van der Waals surface area contributed by atoms with Gasteiger partial charge in [0.15, 0.2) is 0 Å². The van der Waals surface area contributed by atoms with Crippen molar-refractivity contribution >= 4 is 11.6 Å². The summed E-state index contributed by atoms with van der Waals surface area (Å²) >= 11 is 5.90. The van der Waals surface area contributed by atoms with Gasteiger partial charge < -0.3 is 9.47 Å². The van der Waals surface area contributed by atoms with E-state index in [1.807, 2.05) is 18.6 Å². The molecule has 0 saturated carbocycles. The first kappa shape index (κ1) is 8.14. The third-order valence-electron chi connectivity index (χ3n) is 1.84. The number of rotatable bonds is 2. The van der Waals surface area contributed by atoms with E-state index in [0.717, 1.165) is 12.2 Å². The van der Waals surface area contributed by atoms with Crippen molar-refractivity contribution in [2.45, 2.75) is 12.5 Å². The molecule has 0 bridgehead atoms. The molecular weight excluding hydrogens is 176 g/mol. The summed E-state index contributed by atoms with van der Waals surface area (Å²) in [5.74, 6) is 0.799. The topological polar surface area (TPSA) is 18.5 Å². The Bertz CT molecular complexity index is 229. The average molecular weight is 186 g/mol. The number of allylic oxidation sites excluding steroid dienone is 3. The van der Waals surface area contributed by atoms with Gasteiger partial charge in [0.1, 0.15) is 11.9 Å². The molecule has 1 aliphatic heterocycles. The van der Waals surface area contributed by atoms with Gasteiger partial charge >= 0.3 is 0 Å². The van der Waals surface area contributed by atoms with Crippen molar-refractivity contribution in [1.29, 1.82) is 0 Å². The largest absolute Gasteiger partial charge is 0.484 e. The maximum absolute atomic E-state index is 5.90. The third kappa shape index (κ3) is 1.65. The normalized spacial score (nSPS) is 24.1. The van der Waals surface area contributed by atoms with Crippen molar-refractivity contribution in [3.05, 3.63) is 29.4 Å². The van der Waals surface area contributed by atoms with Crippen LogP contribution in [-0.4, -0.2) is 19.3 Å². The number of hydrogen-bond donors (Lipinski definition) is 0. The Morgan fingerprint density at radius 3 is 2.92 bits per heavy atom. The minimum absolute atomic E-state index is 0.205. The van der Waals surface area contributed by atoms with Crippen LogP contribution in [0.25, 0.3) is 0 Å². The first-order chi connectivity index (χ1) is 5.86. The highest BCUT2D eigenvalue weighted by Crippen LogP contribution is 2.25. The van der Waals surface area contributed by atoms with Crippen molar-refractivity contribution in [2.24, 2.45) is 0 Å². The molecule has 0 amide bonds. The second-order valence-corrected chi connectivity index (χ2v) is 3.24. The predicted molar refractivity (Wildman–Crippen MR) is 46.6 cm³/mol. The molecular formula is C9H10ClO2. The van der Waals surface area contributed by atoms with Crippen LogP contribution in [0.3, 0.4) is 0 Å². The Morgan fingerprint density at radius 2 is 2.33 bits per heavy atom. The van der Waals surface area contributed by atoms with Crippen molar-refractivity contribution in [3.63, 3.8) is 0 Å². The molecule has 2 aliphatic rings. The fourth-order valence-electron chi connectivity index (χ4n) is 1.09. The molecule has 1 radical (unpaired) electrons. The molecule has 12 heavy (non-hydrogen) atoms. The van der Waals surface area contributed by atoms with Crippen molar-refractivity contribution < 1.29 is 9.47 Å². The highest BCUT2D eigenvalue weighted by atomic mass is 35.5. The van der Waals surface area contributed by atoms with E-state index >= 15 is 0 Å². The summed E-state index contributed by atoms with van der Waals surface area (Å²) < 4.78 is 10.5. The summed E-state index contributed by atoms with van der Waals surface area (Å²) in [7, 11) is 0. The Balaban J connectivity index is 1.93. The van der Waals surface area contributed by atoms with Gasteiger partial charge in [-0.2, -0.15) is 0 Å². The SMILES string of the molecule is ClC1=C[CH]CC=C1OC1COC1. The average Bonchev–Trinajstić information content (AvgIpc) is 2.00. The zero-order chi connectivity index (χ0) is 8.39. The molecule has 0 spiro atoms. The van der Waals surface area contributed by atoms with Crippen LogP contribution < -0.4 is 0 Å². The van der Waals surface area contributed by atoms with Gasteiger partial charge in [-0.3, -0.25) is 0 Å². The monoisotopic (exact) mass is 185 g/mol. The first-order valence-electron chi connectivity index (χ1n) is 4.00. The van der Waals surface area contributed by atoms with Crippen LogP contribution in [0.1, 0.15) is 6.42 Å². The number of halogens is 1. The van der Waals surface area contributed by atoms with Crippen LogP contribution in [0.5, 0.6) is 0 Å². The summed E-state index contributed by atoms with van der Waals surface area (Å²) in [6, 6.07) is 0. The second-order valence-electron chi connectivity index (χ2n) is 2.83. The van der Waals surface area contributed by atoms with E-state index in [4.69, 9.17) is 21.1 Å². The van der Waals surface area contributed by atoms with Crippen LogP contribution in [0, 0.1) is 6.42 Å². The summed E-state index contributed by atoms with van der Waals surface area (Å²) in [5.41, 5.74) is 0. The van der Waals surface area contributed by atoms with E-state index in [-0.39, 0.29) is 6.10 Å². The first-order valence-corrected chi connectivity index (χ1v) is 4.38. The maximum Gasteiger partial charge on any atom is 0.145 e. The van der Waals surface area contributed by atoms with Crippen LogP contribution in [-0.2, 0) is 9.47 Å². The van der Waals surface area contributed by atoms with Gasteiger partial charge in [-0.05, 0) is 18.9 Å². The third-order valence-corrected chi connectivity index (χ3v) is 2.15. The van der Waals surface area contributed by atoms with E-state index in [0.29, 0.717) is 18.2 Å². The number of hydrogen-bond acceptors (Lipinski definition) is 2. The zero-order valence-electron chi connectivity index (χ0n) is 6.63. The maximum atomic E-state index is 5.90. The molecule has 1 heterocycles. The molecule has 0 unspecified atom stereocenters. The lowest BCUT2D eigenvalue weighted by Crippen LogP contribution is -2.35. The molecule has 0 aromatic rings. The van der Waals surface area contributed by atoms with E-state index in [2.05, 4.69) is 0 Å². The fraction of sp³-hybridized carbons (Fsp3) is 0.444. The highest BCUT2D eigenvalue weighted by Gasteiger charge is 2.22. The fourth-order valence-corrected chi connectivity index (χ4v) is 1.30. The summed E-state index contributed by atoms with van der Waals surface area (Å²) in [4.78, 5) is 0. The van der Waals surface area contributed by atoms with E-state index in [1.165, 1.54) is 0 Å². The molecule has 1 fully saturated rings. The van der Waals surface area contributed by atoms with E-state index in [1.54, 1.807) is 0 Å². The Labute approximate surface area is 76.8 Å². The van der Waals surface area contributed by atoms with Crippen molar-refractivity contribution in [2.75, 3.05) is 13.2 Å². The van der Waals surface area contributed by atoms with E-state index in [9.17, 15) is 0 Å². The van der Waals surface area contributed by atoms with Crippen molar-refractivity contribution in [1.82, 2.24) is 0 Å². The quantitative estimate of drug-likeness (QED) is 0.656. The lowest BCUT2D eigenvalue weighted by molar-refractivity contribution is -0.105. The molecule has 1 saturated heterocycles. The standard InChI is InChI=1S/C9H10ClO2/c10-8-3-1-2-4-9(8)12-7-5-11-6-7/h1,3-4,7H,2,5-6H2. The van der Waals surface area contributed by atoms with Gasteiger partial charge in [-0.15, -0.1) is 0 Å².